The van der Waals surface area contributed by atoms with Crippen LogP contribution in [0.25, 0.3) is 44.5 Å². The highest BCUT2D eigenvalue weighted by molar-refractivity contribution is 6.11. The van der Waals surface area contributed by atoms with Crippen molar-refractivity contribution in [3.8, 4) is 136 Å². The van der Waals surface area contributed by atoms with Crippen molar-refractivity contribution in [2.24, 2.45) is 0 Å². The summed E-state index contributed by atoms with van der Waals surface area (Å²) in [6.45, 7) is 0. The summed E-state index contributed by atoms with van der Waals surface area (Å²) in [7, 11) is 0. The molecule has 0 spiro atoms. The minimum absolute atomic E-state index is 0.281. The Morgan fingerprint density at radius 1 is 0.149 bits per heavy atom. The van der Waals surface area contributed by atoms with E-state index in [1.54, 1.807) is 0 Å². The van der Waals surface area contributed by atoms with Gasteiger partial charge in [-0.25, -0.2) is 0 Å². The Bertz CT molecular complexity index is 4040. The van der Waals surface area contributed by atoms with Gasteiger partial charge in [-0.15, -0.1) is 0 Å². The lowest BCUT2D eigenvalue weighted by Gasteiger charge is -2.17. The molecule has 0 fully saturated rings. The summed E-state index contributed by atoms with van der Waals surface area (Å²) in [4.78, 5) is 16.4. The first-order valence-electron chi connectivity index (χ1n) is 30.6. The van der Waals surface area contributed by atoms with Gasteiger partial charge in [-0.3, -0.25) is 4.79 Å². The topological polar surface area (TPSA) is 90.9 Å². The van der Waals surface area contributed by atoms with E-state index in [2.05, 4.69) is 12.1 Å². The third-order valence-corrected chi connectivity index (χ3v) is 15.1. The van der Waals surface area contributed by atoms with E-state index in [9.17, 15) is 0 Å². The molecule has 0 aliphatic carbocycles. The zero-order valence-corrected chi connectivity index (χ0v) is 50.7. The summed E-state index contributed by atoms with van der Waals surface area (Å²) in [5.41, 5.74) is 6.36. The van der Waals surface area contributed by atoms with Crippen LogP contribution >= 0.6 is 0 Å². The molecule has 0 saturated carbocycles. The molecule has 0 aliphatic rings. The van der Waals surface area contributed by atoms with Gasteiger partial charge in [0.2, 0.25) is 0 Å². The summed E-state index contributed by atoms with van der Waals surface area (Å²) in [6, 6.07) is 112. The smallest absolute Gasteiger partial charge is 0.193 e. The highest BCUT2D eigenvalue weighted by Crippen LogP contribution is 2.43. The Hall–Kier alpha value is -12.9. The third-order valence-electron chi connectivity index (χ3n) is 15.1. The van der Waals surface area contributed by atoms with Crippen LogP contribution in [0.15, 0.2) is 352 Å². The van der Waals surface area contributed by atoms with Gasteiger partial charge in [0.1, 0.15) is 92.0 Å². The van der Waals surface area contributed by atoms with Crippen molar-refractivity contribution < 1.29 is 42.7 Å². The number of hydrogen-bond acceptors (Lipinski definition) is 9. The highest BCUT2D eigenvalue weighted by Gasteiger charge is 2.21. The molecule has 94 heavy (non-hydrogen) atoms. The number of ketones is 1. The molecule has 0 atom stereocenters. The molecule has 0 bridgehead atoms. The number of benzene rings is 14. The maximum atomic E-state index is 16.4. The monoisotopic (exact) mass is 1220 g/mol. The second-order valence-electron chi connectivity index (χ2n) is 22.0. The first-order chi connectivity index (χ1) is 46.3. The van der Waals surface area contributed by atoms with Crippen LogP contribution in [0.1, 0.15) is 15.9 Å². The zero-order chi connectivity index (χ0) is 63.3. The van der Waals surface area contributed by atoms with Crippen molar-refractivity contribution in [1.82, 2.24) is 0 Å². The van der Waals surface area contributed by atoms with Crippen LogP contribution in [0.3, 0.4) is 0 Å². The molecular formula is C85H58O9. The second kappa shape index (κ2) is 27.9. The molecule has 0 aromatic heterocycles. The molecule has 14 aromatic rings. The minimum atomic E-state index is -0.281. The van der Waals surface area contributed by atoms with E-state index in [1.807, 2.05) is 340 Å². The van der Waals surface area contributed by atoms with Gasteiger partial charge in [0.25, 0.3) is 0 Å². The van der Waals surface area contributed by atoms with Gasteiger partial charge in [0.15, 0.2) is 5.78 Å². The van der Waals surface area contributed by atoms with E-state index in [-0.39, 0.29) is 5.78 Å². The Morgan fingerprint density at radius 2 is 0.287 bits per heavy atom. The lowest BCUT2D eigenvalue weighted by Crippen LogP contribution is -2.04. The molecule has 0 heterocycles. The first kappa shape index (κ1) is 58.8. The Kier molecular flexibility index (Phi) is 17.5. The standard InChI is InChI=1S/C85H58O9/c86-85(67-43-59(63-47-77(87-69-25-9-1-10-26-69)55-78(48-63)88-70-27-11-2-12-28-70)41-60(44-67)64-49-79(89-71-29-13-3-14-30-71)56-80(50-64)90-72-31-15-4-16-32-72)68-45-61(65-51-81(91-73-33-17-5-18-34-73)57-82(52-65)92-74-35-19-6-20-36-74)42-62(46-68)66-53-83(93-75-37-21-7-22-38-75)58-84(54-66)94-76-39-23-8-24-40-76/h1-58H. The van der Waals surface area contributed by atoms with E-state index in [1.165, 1.54) is 0 Å². The van der Waals surface area contributed by atoms with Crippen molar-refractivity contribution in [3.05, 3.63) is 363 Å². The fraction of sp³-hybridized carbons (Fsp3) is 0. The van der Waals surface area contributed by atoms with Gasteiger partial charge >= 0.3 is 0 Å². The zero-order valence-electron chi connectivity index (χ0n) is 50.7. The molecule has 0 amide bonds. The van der Waals surface area contributed by atoms with Crippen molar-refractivity contribution >= 4 is 5.78 Å². The number of carbonyl (C=O) groups excluding carboxylic acids is 1. The minimum Gasteiger partial charge on any atom is -0.457 e. The van der Waals surface area contributed by atoms with Gasteiger partial charge in [-0.2, -0.15) is 0 Å². The fourth-order valence-electron chi connectivity index (χ4n) is 10.8. The normalized spacial score (nSPS) is 10.8. The van der Waals surface area contributed by atoms with E-state index in [0.29, 0.717) is 148 Å². The number of para-hydroxylation sites is 8. The van der Waals surface area contributed by atoms with Crippen LogP contribution < -0.4 is 37.9 Å². The number of hydrogen-bond donors (Lipinski definition) is 0. The van der Waals surface area contributed by atoms with Crippen LogP contribution in [0.5, 0.6) is 92.0 Å². The number of carbonyl (C=O) groups is 1. The molecule has 14 rings (SSSR count). The van der Waals surface area contributed by atoms with Crippen LogP contribution in [0.2, 0.25) is 0 Å². The predicted molar refractivity (Wildman–Crippen MR) is 370 cm³/mol. The largest absolute Gasteiger partial charge is 0.457 e. The molecular weight excluding hydrogens is 1160 g/mol. The second-order valence-corrected chi connectivity index (χ2v) is 22.0. The Labute approximate surface area is 545 Å². The number of rotatable bonds is 22. The van der Waals surface area contributed by atoms with E-state index in [4.69, 9.17) is 37.9 Å². The van der Waals surface area contributed by atoms with E-state index >= 15 is 4.79 Å². The van der Waals surface area contributed by atoms with E-state index in [0.717, 1.165) is 0 Å². The molecule has 9 heteroatoms. The third kappa shape index (κ3) is 15.1. The van der Waals surface area contributed by atoms with Gasteiger partial charge in [0.05, 0.1) is 0 Å². The Morgan fingerprint density at radius 3 is 0.436 bits per heavy atom. The van der Waals surface area contributed by atoms with Gasteiger partial charge in [-0.05, 0) is 226 Å². The van der Waals surface area contributed by atoms with Gasteiger partial charge < -0.3 is 37.9 Å². The molecule has 0 radical (unpaired) electrons. The molecule has 0 unspecified atom stereocenters. The average molecular weight is 1220 g/mol. The van der Waals surface area contributed by atoms with Crippen LogP contribution in [0, 0.1) is 0 Å². The average Bonchev–Trinajstić information content (AvgIpc) is 0.819. The summed E-state index contributed by atoms with van der Waals surface area (Å²) in [5.74, 6) is 8.97. The maximum Gasteiger partial charge on any atom is 0.193 e. The highest BCUT2D eigenvalue weighted by atomic mass is 16.5. The maximum absolute atomic E-state index is 16.4. The van der Waals surface area contributed by atoms with Gasteiger partial charge in [0, 0.05) is 35.4 Å². The fourth-order valence-corrected chi connectivity index (χ4v) is 10.8. The Balaban J connectivity index is 0.972. The predicted octanol–water partition coefficient (Wildman–Crippen LogP) is 23.9. The lowest BCUT2D eigenvalue weighted by molar-refractivity contribution is 0.103. The van der Waals surface area contributed by atoms with E-state index < -0.39 is 0 Å². The van der Waals surface area contributed by atoms with Crippen molar-refractivity contribution in [2.45, 2.75) is 0 Å². The first-order valence-corrected chi connectivity index (χ1v) is 30.6. The molecule has 0 saturated heterocycles. The summed E-state index contributed by atoms with van der Waals surface area (Å²) < 4.78 is 52.7. The van der Waals surface area contributed by atoms with Crippen LogP contribution in [-0.4, -0.2) is 5.78 Å². The molecule has 14 aromatic carbocycles. The van der Waals surface area contributed by atoms with Crippen LogP contribution in [-0.2, 0) is 0 Å². The summed E-state index contributed by atoms with van der Waals surface area (Å²) >= 11 is 0. The quantitative estimate of drug-likeness (QED) is 0.0615. The lowest BCUT2D eigenvalue weighted by atomic mass is 9.90. The summed E-state index contributed by atoms with van der Waals surface area (Å²) in [5, 5.41) is 0. The van der Waals surface area contributed by atoms with Gasteiger partial charge in [-0.1, -0.05) is 146 Å². The molecule has 452 valence electrons. The van der Waals surface area contributed by atoms with Crippen molar-refractivity contribution in [2.75, 3.05) is 0 Å². The van der Waals surface area contributed by atoms with Crippen LogP contribution in [0.4, 0.5) is 0 Å². The number of ether oxygens (including phenoxy) is 8. The van der Waals surface area contributed by atoms with Crippen molar-refractivity contribution in [3.63, 3.8) is 0 Å². The SMILES string of the molecule is O=C(c1cc(-c2cc(Oc3ccccc3)cc(Oc3ccccc3)c2)cc(-c2cc(Oc3ccccc3)cc(Oc3ccccc3)c2)c1)c1cc(-c2cc(Oc3ccccc3)cc(Oc3ccccc3)c2)cc(-c2cc(Oc3ccccc3)cc(Oc3ccccc3)c2)c1. The molecule has 0 aliphatic heterocycles. The molecule has 9 nitrogen and oxygen atoms in total. The summed E-state index contributed by atoms with van der Waals surface area (Å²) in [6.07, 6.45) is 0. The van der Waals surface area contributed by atoms with Crippen molar-refractivity contribution in [1.29, 1.82) is 0 Å². The molecule has 0 N–H and O–H groups in total.